The van der Waals surface area contributed by atoms with Crippen LogP contribution < -0.4 is 0 Å². The molecule has 0 saturated heterocycles. The highest BCUT2D eigenvalue weighted by atomic mass is 31.1. The SMILES string of the molecule is C=CC(C)O[N+]1=C(C)C(=PO)C(OC(C)C=C)(c2cccc([N+](=O)[O-])c2)C(C(=O)OC)=C1C. The summed E-state index contributed by atoms with van der Waals surface area (Å²) in [5.41, 5.74) is -0.845. The highest BCUT2D eigenvalue weighted by Crippen LogP contribution is 2.44. The van der Waals surface area contributed by atoms with Crippen LogP contribution in [0.4, 0.5) is 5.69 Å². The lowest BCUT2D eigenvalue weighted by molar-refractivity contribution is -0.760. The molecule has 0 saturated carbocycles. The molecule has 1 aromatic carbocycles. The summed E-state index contributed by atoms with van der Waals surface area (Å²) in [6.07, 6.45) is 2.06. The first-order chi connectivity index (χ1) is 15.6. The van der Waals surface area contributed by atoms with Gasteiger partial charge in [-0.3, -0.25) is 15.0 Å². The Morgan fingerprint density at radius 2 is 1.91 bits per heavy atom. The molecule has 1 aliphatic heterocycles. The van der Waals surface area contributed by atoms with E-state index in [1.165, 1.54) is 36.1 Å². The second-order valence-corrected chi connectivity index (χ2v) is 8.02. The maximum atomic E-state index is 13.2. The monoisotopic (exact) mass is 475 g/mol. The van der Waals surface area contributed by atoms with Crippen LogP contribution in [0.25, 0.3) is 0 Å². The van der Waals surface area contributed by atoms with Gasteiger partial charge in [-0.25, -0.2) is 4.79 Å². The Hall–Kier alpha value is -3.13. The van der Waals surface area contributed by atoms with E-state index in [4.69, 9.17) is 14.3 Å². The van der Waals surface area contributed by atoms with Crippen molar-refractivity contribution >= 4 is 31.1 Å². The fourth-order valence-corrected chi connectivity index (χ4v) is 4.28. The van der Waals surface area contributed by atoms with Gasteiger partial charge in [-0.1, -0.05) is 24.8 Å². The fraction of sp³-hybridized carbons (Fsp3) is 0.348. The summed E-state index contributed by atoms with van der Waals surface area (Å²) in [6, 6.07) is 5.73. The molecule has 10 heteroatoms. The Balaban J connectivity index is 3.04. The Labute approximate surface area is 194 Å². The lowest BCUT2D eigenvalue weighted by Gasteiger charge is -2.39. The van der Waals surface area contributed by atoms with Crippen molar-refractivity contribution in [3.63, 3.8) is 0 Å². The van der Waals surface area contributed by atoms with E-state index >= 15 is 0 Å². The number of hydroxylamine groups is 1. The maximum absolute atomic E-state index is 13.2. The van der Waals surface area contributed by atoms with Crippen LogP contribution in [0.15, 0.2) is 60.8 Å². The quantitative estimate of drug-likeness (QED) is 0.144. The van der Waals surface area contributed by atoms with E-state index in [2.05, 4.69) is 13.2 Å². The van der Waals surface area contributed by atoms with Crippen molar-refractivity contribution in [2.45, 2.75) is 45.5 Å². The standard InChI is InChI=1S/C23H27N2O7P/c1-8-14(3)31-23(18-11-10-12-19(13-18)25(27)28)20(22(26)30-7)16(5)24(32-15(4)9-2)17(6)21(23)33-29/h8-15H,1-2H2,3-7H3/p+1. The number of nitrogens with zero attached hydrogens (tertiary/aromatic N) is 2. The molecule has 0 amide bonds. The molecule has 176 valence electrons. The van der Waals surface area contributed by atoms with Crippen LogP contribution >= 0.6 is 8.43 Å². The molecule has 2 rings (SSSR count). The predicted molar refractivity (Wildman–Crippen MR) is 126 cm³/mol. The molecule has 0 fully saturated rings. The molecule has 1 aromatic rings. The molecule has 3 atom stereocenters. The highest BCUT2D eigenvalue weighted by molar-refractivity contribution is 7.38. The second-order valence-electron chi connectivity index (χ2n) is 7.37. The number of hydrogen-bond donors (Lipinski definition) is 1. The fourth-order valence-electron chi connectivity index (χ4n) is 3.61. The number of hydrogen-bond acceptors (Lipinski definition) is 7. The Kier molecular flexibility index (Phi) is 8.44. The molecule has 0 bridgehead atoms. The van der Waals surface area contributed by atoms with Crippen LogP contribution in [0.1, 0.15) is 33.3 Å². The zero-order valence-electron chi connectivity index (χ0n) is 19.3. The van der Waals surface area contributed by atoms with E-state index in [1.807, 2.05) is 0 Å². The minimum absolute atomic E-state index is 0.0117. The van der Waals surface area contributed by atoms with Crippen LogP contribution in [0.3, 0.4) is 0 Å². The normalized spacial score (nSPS) is 21.5. The Morgan fingerprint density at radius 3 is 2.42 bits per heavy atom. The summed E-state index contributed by atoms with van der Waals surface area (Å²) in [7, 11) is 0.982. The summed E-state index contributed by atoms with van der Waals surface area (Å²) in [6.45, 7) is 14.3. The minimum Gasteiger partial charge on any atom is -0.465 e. The van der Waals surface area contributed by atoms with Crippen molar-refractivity contribution < 1.29 is 33.7 Å². The van der Waals surface area contributed by atoms with E-state index in [1.54, 1.807) is 39.8 Å². The van der Waals surface area contributed by atoms with E-state index in [-0.39, 0.29) is 30.5 Å². The first kappa shape index (κ1) is 26.1. The van der Waals surface area contributed by atoms with Gasteiger partial charge in [-0.2, -0.15) is 0 Å². The van der Waals surface area contributed by atoms with Gasteiger partial charge >= 0.3 is 5.97 Å². The van der Waals surface area contributed by atoms with Crippen LogP contribution in [-0.2, 0) is 24.7 Å². The van der Waals surface area contributed by atoms with Crippen LogP contribution in [0.5, 0.6) is 0 Å². The largest absolute Gasteiger partial charge is 0.465 e. The molecule has 9 nitrogen and oxygen atoms in total. The smallest absolute Gasteiger partial charge is 0.344 e. The number of allylic oxidation sites excluding steroid dienone is 1. The third-order valence-corrected chi connectivity index (χ3v) is 6.09. The molecule has 1 aliphatic rings. The van der Waals surface area contributed by atoms with Crippen molar-refractivity contribution in [1.29, 1.82) is 0 Å². The molecule has 33 heavy (non-hydrogen) atoms. The first-order valence-corrected chi connectivity index (χ1v) is 10.9. The summed E-state index contributed by atoms with van der Waals surface area (Å²) in [5, 5.41) is 11.8. The third kappa shape index (κ3) is 4.80. The number of nitro benzene ring substituents is 1. The van der Waals surface area contributed by atoms with Crippen LogP contribution in [0.2, 0.25) is 0 Å². The number of esters is 1. The number of benzene rings is 1. The number of rotatable bonds is 9. The molecule has 1 N–H and O–H groups in total. The second kappa shape index (κ2) is 10.7. The van der Waals surface area contributed by atoms with Gasteiger partial charge in [0.05, 0.1) is 26.6 Å². The van der Waals surface area contributed by atoms with E-state index < -0.39 is 28.7 Å². The van der Waals surface area contributed by atoms with Crippen molar-refractivity contribution in [3.8, 4) is 0 Å². The molecular formula is C23H28N2O7P+. The molecule has 0 radical (unpaired) electrons. The Bertz CT molecular complexity index is 1080. The zero-order valence-corrected chi connectivity index (χ0v) is 20.2. The van der Waals surface area contributed by atoms with Gasteiger partial charge in [-0.05, 0) is 19.9 Å². The van der Waals surface area contributed by atoms with Gasteiger partial charge in [0.25, 0.3) is 5.69 Å². The maximum Gasteiger partial charge on any atom is 0.344 e. The van der Waals surface area contributed by atoms with Gasteiger partial charge in [0.1, 0.15) is 10.9 Å². The van der Waals surface area contributed by atoms with Crippen molar-refractivity contribution in [2.75, 3.05) is 7.11 Å². The summed E-state index contributed by atoms with van der Waals surface area (Å²) in [4.78, 5) is 40.6. The number of nitro groups is 1. The predicted octanol–water partition coefficient (Wildman–Crippen LogP) is 3.85. The average Bonchev–Trinajstić information content (AvgIpc) is 2.81. The number of carbonyl (C=O) groups is 1. The zero-order chi connectivity index (χ0) is 24.9. The van der Waals surface area contributed by atoms with Gasteiger partial charge < -0.3 is 14.4 Å². The third-order valence-electron chi connectivity index (χ3n) is 5.25. The molecule has 0 spiro atoms. The van der Waals surface area contributed by atoms with Crippen molar-refractivity contribution in [2.24, 2.45) is 0 Å². The summed E-state index contributed by atoms with van der Waals surface area (Å²) in [5.74, 6) is -0.747. The summed E-state index contributed by atoms with van der Waals surface area (Å²) >= 11 is 0. The summed E-state index contributed by atoms with van der Waals surface area (Å²) < 4.78 is 12.9. The van der Waals surface area contributed by atoms with Gasteiger partial charge in [0.15, 0.2) is 11.7 Å². The molecule has 3 unspecified atom stereocenters. The topological polar surface area (TPSA) is 111 Å². The van der Waals surface area contributed by atoms with E-state index in [0.29, 0.717) is 11.4 Å². The molecule has 0 aliphatic carbocycles. The van der Waals surface area contributed by atoms with Gasteiger partial charge in [0, 0.05) is 36.3 Å². The molecule has 0 aromatic heterocycles. The lowest BCUT2D eigenvalue weighted by atomic mass is 9.78. The number of carbonyl (C=O) groups excluding carboxylic acids is 1. The van der Waals surface area contributed by atoms with Crippen LogP contribution in [-0.4, -0.2) is 50.8 Å². The van der Waals surface area contributed by atoms with Crippen LogP contribution in [0, 0.1) is 10.1 Å². The first-order valence-electron chi connectivity index (χ1n) is 10.1. The Morgan fingerprint density at radius 1 is 1.27 bits per heavy atom. The van der Waals surface area contributed by atoms with Gasteiger partial charge in [-0.15, -0.1) is 6.58 Å². The molecule has 1 heterocycles. The van der Waals surface area contributed by atoms with E-state index in [0.717, 1.165) is 0 Å². The van der Waals surface area contributed by atoms with Crippen molar-refractivity contribution in [3.05, 3.63) is 76.5 Å². The van der Waals surface area contributed by atoms with Gasteiger partial charge in [0.2, 0.25) is 11.4 Å². The van der Waals surface area contributed by atoms with E-state index in [9.17, 15) is 19.8 Å². The average molecular weight is 475 g/mol. The number of ether oxygens (including phenoxy) is 2. The minimum atomic E-state index is -1.71. The lowest BCUT2D eigenvalue weighted by Crippen LogP contribution is -2.53. The molecular weight excluding hydrogens is 447 g/mol. The number of methoxy groups -OCH3 is 1. The highest BCUT2D eigenvalue weighted by Gasteiger charge is 2.57. The van der Waals surface area contributed by atoms with Crippen molar-refractivity contribution in [1.82, 2.24) is 0 Å². The number of non-ortho nitro benzene ring substituents is 1.